The van der Waals surface area contributed by atoms with Crippen molar-refractivity contribution in [2.24, 2.45) is 7.05 Å². The first-order valence-electron chi connectivity index (χ1n) is 3.89. The quantitative estimate of drug-likeness (QED) is 0.493. The van der Waals surface area contributed by atoms with Crippen molar-refractivity contribution < 1.29 is 19.6 Å². The first kappa shape index (κ1) is 9.67. The monoisotopic (exact) mass is 182 g/mol. The molecule has 0 spiro atoms. The molecule has 0 unspecified atom stereocenters. The van der Waals surface area contributed by atoms with Gasteiger partial charge in [0.05, 0.1) is 17.7 Å². The molecule has 1 aromatic heterocycles. The SMILES string of the molecule is Cc1c(O)c(C=O)c(CO)c[n+]1C. The van der Waals surface area contributed by atoms with E-state index in [1.165, 1.54) is 0 Å². The largest absolute Gasteiger partial charge is 0.502 e. The van der Waals surface area contributed by atoms with Gasteiger partial charge in [-0.2, -0.15) is 0 Å². The lowest BCUT2D eigenvalue weighted by Gasteiger charge is -2.04. The summed E-state index contributed by atoms with van der Waals surface area (Å²) in [5, 5.41) is 18.4. The number of aryl methyl sites for hydroxylation is 1. The van der Waals surface area contributed by atoms with Crippen LogP contribution in [0.15, 0.2) is 6.20 Å². The van der Waals surface area contributed by atoms with Crippen molar-refractivity contribution >= 4 is 6.29 Å². The number of aldehydes is 1. The standard InChI is InChI=1S/C9H11NO3/c1-6-9(13)8(5-12)7(4-11)3-10(6)2/h3,5,11H,4H2,1-2H3/p+1. The highest BCUT2D eigenvalue weighted by molar-refractivity contribution is 5.81. The second-order valence-corrected chi connectivity index (χ2v) is 2.89. The van der Waals surface area contributed by atoms with Crippen molar-refractivity contribution in [2.75, 3.05) is 0 Å². The van der Waals surface area contributed by atoms with Crippen molar-refractivity contribution in [1.82, 2.24) is 0 Å². The smallest absolute Gasteiger partial charge is 0.220 e. The Morgan fingerprint density at radius 3 is 2.69 bits per heavy atom. The van der Waals surface area contributed by atoms with Crippen LogP contribution in [0.3, 0.4) is 0 Å². The average molecular weight is 182 g/mol. The highest BCUT2D eigenvalue weighted by Crippen LogP contribution is 2.20. The van der Waals surface area contributed by atoms with Gasteiger partial charge in [0.15, 0.2) is 18.2 Å². The van der Waals surface area contributed by atoms with Gasteiger partial charge in [0.1, 0.15) is 7.05 Å². The summed E-state index contributed by atoms with van der Waals surface area (Å²) in [5.41, 5.74) is 1.19. The van der Waals surface area contributed by atoms with Gasteiger partial charge in [-0.05, 0) is 0 Å². The molecule has 4 nitrogen and oxygen atoms in total. The molecule has 0 fully saturated rings. The number of nitrogens with zero attached hydrogens (tertiary/aromatic N) is 1. The Kier molecular flexibility index (Phi) is 2.63. The highest BCUT2D eigenvalue weighted by atomic mass is 16.3. The van der Waals surface area contributed by atoms with Gasteiger partial charge in [-0.15, -0.1) is 0 Å². The third-order valence-electron chi connectivity index (χ3n) is 2.11. The molecule has 0 aromatic carbocycles. The minimum atomic E-state index is -0.254. The molecule has 1 heterocycles. The minimum Gasteiger partial charge on any atom is -0.502 e. The summed E-state index contributed by atoms with van der Waals surface area (Å²) < 4.78 is 1.66. The van der Waals surface area contributed by atoms with Gasteiger partial charge >= 0.3 is 0 Å². The Morgan fingerprint density at radius 2 is 2.23 bits per heavy atom. The van der Waals surface area contributed by atoms with Crippen LogP contribution in [0.25, 0.3) is 0 Å². The first-order chi connectivity index (χ1) is 6.11. The maximum Gasteiger partial charge on any atom is 0.220 e. The number of hydrogen-bond donors (Lipinski definition) is 2. The molecule has 0 bridgehead atoms. The molecule has 0 atom stereocenters. The summed E-state index contributed by atoms with van der Waals surface area (Å²) in [6.07, 6.45) is 2.17. The van der Waals surface area contributed by atoms with Crippen molar-refractivity contribution in [3.8, 4) is 5.75 Å². The van der Waals surface area contributed by atoms with Gasteiger partial charge in [-0.1, -0.05) is 0 Å². The predicted molar refractivity (Wildman–Crippen MR) is 45.3 cm³/mol. The van der Waals surface area contributed by atoms with Crippen LogP contribution in [-0.2, 0) is 13.7 Å². The van der Waals surface area contributed by atoms with E-state index in [1.807, 2.05) is 0 Å². The number of aromatic hydroxyl groups is 1. The number of aliphatic hydroxyl groups is 1. The zero-order chi connectivity index (χ0) is 10.0. The molecular formula is C9H12NO3+. The van der Waals surface area contributed by atoms with Gasteiger partial charge in [-0.3, -0.25) is 4.79 Å². The van der Waals surface area contributed by atoms with E-state index < -0.39 is 0 Å². The fourth-order valence-electron chi connectivity index (χ4n) is 1.17. The van der Waals surface area contributed by atoms with E-state index in [0.29, 0.717) is 17.5 Å². The Bertz CT molecular complexity index is 347. The van der Waals surface area contributed by atoms with Gasteiger partial charge in [0, 0.05) is 6.92 Å². The van der Waals surface area contributed by atoms with E-state index in [9.17, 15) is 9.90 Å². The van der Waals surface area contributed by atoms with Gasteiger partial charge in [0.2, 0.25) is 5.69 Å². The van der Waals surface area contributed by atoms with Gasteiger partial charge < -0.3 is 10.2 Å². The van der Waals surface area contributed by atoms with Crippen LogP contribution in [0.2, 0.25) is 0 Å². The summed E-state index contributed by atoms with van der Waals surface area (Å²) >= 11 is 0. The molecule has 1 aromatic rings. The Morgan fingerprint density at radius 1 is 1.62 bits per heavy atom. The van der Waals surface area contributed by atoms with E-state index in [2.05, 4.69) is 0 Å². The molecule has 0 aliphatic carbocycles. The number of carbonyl (C=O) groups excluding carboxylic acids is 1. The van der Waals surface area contributed by atoms with Crippen LogP contribution >= 0.6 is 0 Å². The Balaban J connectivity index is 3.47. The maximum atomic E-state index is 10.6. The normalized spacial score (nSPS) is 10.1. The fraction of sp³-hybridized carbons (Fsp3) is 0.333. The van der Waals surface area contributed by atoms with E-state index in [1.54, 1.807) is 24.7 Å². The molecule has 0 radical (unpaired) electrons. The average Bonchev–Trinajstić information content (AvgIpc) is 2.13. The highest BCUT2D eigenvalue weighted by Gasteiger charge is 2.17. The molecule has 0 saturated carbocycles. The zero-order valence-electron chi connectivity index (χ0n) is 7.61. The predicted octanol–water partition coefficient (Wildman–Crippen LogP) is -0.170. The fourth-order valence-corrected chi connectivity index (χ4v) is 1.17. The van der Waals surface area contributed by atoms with Crippen molar-refractivity contribution in [3.63, 3.8) is 0 Å². The van der Waals surface area contributed by atoms with Crippen molar-refractivity contribution in [3.05, 3.63) is 23.0 Å². The van der Waals surface area contributed by atoms with Gasteiger partial charge in [-0.25, -0.2) is 4.57 Å². The van der Waals surface area contributed by atoms with Crippen LogP contribution in [0, 0.1) is 6.92 Å². The van der Waals surface area contributed by atoms with E-state index >= 15 is 0 Å². The number of hydrogen-bond acceptors (Lipinski definition) is 3. The first-order valence-corrected chi connectivity index (χ1v) is 3.89. The second kappa shape index (κ2) is 3.53. The number of rotatable bonds is 2. The molecular weight excluding hydrogens is 170 g/mol. The molecule has 0 aliphatic heterocycles. The molecule has 0 saturated heterocycles. The third kappa shape index (κ3) is 1.53. The number of aromatic nitrogens is 1. The minimum absolute atomic E-state index is 0.0657. The maximum absolute atomic E-state index is 10.6. The Hall–Kier alpha value is -1.42. The van der Waals surface area contributed by atoms with Crippen LogP contribution in [0.5, 0.6) is 5.75 Å². The van der Waals surface area contributed by atoms with Crippen molar-refractivity contribution in [2.45, 2.75) is 13.5 Å². The van der Waals surface area contributed by atoms with E-state index in [-0.39, 0.29) is 17.9 Å². The molecule has 1 rings (SSSR count). The Labute approximate surface area is 76.1 Å². The molecule has 0 amide bonds. The topological polar surface area (TPSA) is 61.4 Å². The second-order valence-electron chi connectivity index (χ2n) is 2.89. The summed E-state index contributed by atoms with van der Waals surface area (Å²) in [6, 6.07) is 0. The molecule has 13 heavy (non-hydrogen) atoms. The zero-order valence-corrected chi connectivity index (χ0v) is 7.61. The summed E-state index contributed by atoms with van der Waals surface area (Å²) in [4.78, 5) is 10.6. The molecule has 70 valence electrons. The summed E-state index contributed by atoms with van der Waals surface area (Å²) in [7, 11) is 1.74. The number of pyridine rings is 1. The summed E-state index contributed by atoms with van der Waals surface area (Å²) in [5.74, 6) is -0.0657. The van der Waals surface area contributed by atoms with Gasteiger partial charge in [0.25, 0.3) is 0 Å². The van der Waals surface area contributed by atoms with Crippen molar-refractivity contribution in [1.29, 1.82) is 0 Å². The van der Waals surface area contributed by atoms with E-state index in [4.69, 9.17) is 5.11 Å². The molecule has 0 aliphatic rings. The lowest BCUT2D eigenvalue weighted by molar-refractivity contribution is -0.678. The molecule has 4 heteroatoms. The molecule has 2 N–H and O–H groups in total. The van der Waals surface area contributed by atoms with Crippen LogP contribution in [-0.4, -0.2) is 16.5 Å². The van der Waals surface area contributed by atoms with Crippen LogP contribution < -0.4 is 4.57 Å². The van der Waals surface area contributed by atoms with E-state index in [0.717, 1.165) is 0 Å². The lowest BCUT2D eigenvalue weighted by atomic mass is 10.1. The van der Waals surface area contributed by atoms with Crippen LogP contribution in [0.1, 0.15) is 21.6 Å². The van der Waals surface area contributed by atoms with Crippen LogP contribution in [0.4, 0.5) is 0 Å². The number of carbonyl (C=O) groups is 1. The summed E-state index contributed by atoms with van der Waals surface area (Å²) in [6.45, 7) is 1.44. The third-order valence-corrected chi connectivity index (χ3v) is 2.11. The lowest BCUT2D eigenvalue weighted by Crippen LogP contribution is -2.32. The number of aliphatic hydroxyl groups excluding tert-OH is 1.